The Balaban J connectivity index is 1.74. The molecule has 0 spiro atoms. The Morgan fingerprint density at radius 1 is 1.31 bits per heavy atom. The summed E-state index contributed by atoms with van der Waals surface area (Å²) in [6.07, 6.45) is 3.80. The van der Waals surface area contributed by atoms with E-state index in [1.54, 1.807) is 18.2 Å². The Morgan fingerprint density at radius 3 is 2.79 bits per heavy atom. The molecule has 1 aliphatic rings. The number of sulfonamides is 1. The predicted molar refractivity (Wildman–Crippen MR) is 107 cm³/mol. The van der Waals surface area contributed by atoms with Gasteiger partial charge in [0.15, 0.2) is 5.03 Å². The molecule has 0 unspecified atom stereocenters. The number of hydrogen-bond acceptors (Lipinski definition) is 6. The van der Waals surface area contributed by atoms with Crippen LogP contribution in [0.25, 0.3) is 0 Å². The maximum Gasteiger partial charge on any atom is 0.260 e. The smallest absolute Gasteiger partial charge is 0.260 e. The van der Waals surface area contributed by atoms with Crippen molar-refractivity contribution in [1.82, 2.24) is 14.3 Å². The van der Waals surface area contributed by atoms with Crippen LogP contribution in [0.2, 0.25) is 0 Å². The van der Waals surface area contributed by atoms with Gasteiger partial charge in [-0.25, -0.2) is 13.4 Å². The minimum Gasteiger partial charge on any atom is -0.494 e. The van der Waals surface area contributed by atoms with E-state index in [-0.39, 0.29) is 17.5 Å². The Morgan fingerprint density at radius 2 is 2.10 bits per heavy atom. The van der Waals surface area contributed by atoms with E-state index in [1.165, 1.54) is 16.8 Å². The molecule has 0 saturated carbocycles. The van der Waals surface area contributed by atoms with Gasteiger partial charge in [0.2, 0.25) is 5.91 Å². The lowest BCUT2D eigenvalue weighted by Gasteiger charge is -2.30. The van der Waals surface area contributed by atoms with E-state index in [1.807, 2.05) is 13.8 Å². The number of rotatable bonds is 8. The van der Waals surface area contributed by atoms with Gasteiger partial charge in [-0.15, -0.1) is 0 Å². The lowest BCUT2D eigenvalue weighted by atomic mass is 9.98. The number of piperidine rings is 1. The van der Waals surface area contributed by atoms with E-state index in [0.29, 0.717) is 49.8 Å². The maximum absolute atomic E-state index is 12.9. The van der Waals surface area contributed by atoms with Gasteiger partial charge in [0.1, 0.15) is 11.5 Å². The molecule has 3 rings (SSSR count). The molecule has 158 valence electrons. The topological polar surface area (TPSA) is 114 Å². The normalized spacial score (nSPS) is 17.7. The van der Waals surface area contributed by atoms with Gasteiger partial charge in [0, 0.05) is 19.2 Å². The van der Waals surface area contributed by atoms with Crippen LogP contribution < -0.4 is 14.8 Å². The van der Waals surface area contributed by atoms with Gasteiger partial charge in [0.25, 0.3) is 10.0 Å². The third-order valence-electron chi connectivity index (χ3n) is 4.67. The molecule has 1 atom stereocenters. The fraction of sp³-hybridized carbons (Fsp3) is 0.474. The van der Waals surface area contributed by atoms with Crippen molar-refractivity contribution in [3.8, 4) is 11.5 Å². The number of hydrogen-bond donors (Lipinski definition) is 2. The number of carbonyl (C=O) groups excluding carboxylic acids is 1. The highest BCUT2D eigenvalue weighted by molar-refractivity contribution is 7.89. The number of benzene rings is 1. The Bertz CT molecular complexity index is 930. The van der Waals surface area contributed by atoms with Crippen LogP contribution >= 0.6 is 0 Å². The monoisotopic (exact) mass is 422 g/mol. The third-order valence-corrected chi connectivity index (χ3v) is 6.46. The fourth-order valence-electron chi connectivity index (χ4n) is 3.28. The molecule has 0 bridgehead atoms. The van der Waals surface area contributed by atoms with Crippen molar-refractivity contribution in [3.63, 3.8) is 0 Å². The molecule has 1 fully saturated rings. The van der Waals surface area contributed by atoms with E-state index >= 15 is 0 Å². The lowest BCUT2D eigenvalue weighted by molar-refractivity contribution is -0.120. The summed E-state index contributed by atoms with van der Waals surface area (Å²) in [7, 11) is -3.70. The first-order valence-electron chi connectivity index (χ1n) is 9.64. The Labute approximate surface area is 170 Å². The van der Waals surface area contributed by atoms with Gasteiger partial charge in [-0.05, 0) is 38.8 Å². The standard InChI is InChI=1S/C19H26N4O5S/c1-3-27-15-7-8-17(28-4-2)16(10-15)22-19(24)14-6-5-9-23(12-14)29(25,26)18-11-20-13-21-18/h7-8,10-11,13-14H,3-6,9,12H2,1-2H3,(H,20,21)(H,22,24)/t14-/m0/s1. The van der Waals surface area contributed by atoms with Gasteiger partial charge in [-0.1, -0.05) is 0 Å². The largest absolute Gasteiger partial charge is 0.494 e. The summed E-state index contributed by atoms with van der Waals surface area (Å²) in [5.74, 6) is 0.455. The third kappa shape index (κ3) is 4.88. The first kappa shape index (κ1) is 21.1. The van der Waals surface area contributed by atoms with Crippen LogP contribution in [0.1, 0.15) is 26.7 Å². The maximum atomic E-state index is 12.9. The molecule has 0 radical (unpaired) electrons. The first-order valence-corrected chi connectivity index (χ1v) is 11.1. The van der Waals surface area contributed by atoms with E-state index in [9.17, 15) is 13.2 Å². The molecule has 1 saturated heterocycles. The summed E-state index contributed by atoms with van der Waals surface area (Å²) in [5.41, 5.74) is 0.511. The molecule has 1 aromatic heterocycles. The van der Waals surface area contributed by atoms with Crippen molar-refractivity contribution < 1.29 is 22.7 Å². The van der Waals surface area contributed by atoms with E-state index < -0.39 is 15.9 Å². The van der Waals surface area contributed by atoms with Gasteiger partial charge in [-0.3, -0.25) is 4.79 Å². The van der Waals surface area contributed by atoms with Crippen molar-refractivity contribution in [2.45, 2.75) is 31.7 Å². The van der Waals surface area contributed by atoms with Gasteiger partial charge < -0.3 is 19.8 Å². The average Bonchev–Trinajstić information content (AvgIpc) is 3.26. The molecular formula is C19H26N4O5S. The number of imidazole rings is 1. The molecule has 9 nitrogen and oxygen atoms in total. The summed E-state index contributed by atoms with van der Waals surface area (Å²) in [5, 5.41) is 2.91. The average molecular weight is 423 g/mol. The summed E-state index contributed by atoms with van der Waals surface area (Å²) in [6.45, 7) is 5.19. The van der Waals surface area contributed by atoms with Crippen LogP contribution in [-0.4, -0.2) is 54.9 Å². The second-order valence-corrected chi connectivity index (χ2v) is 8.54. The number of aromatic nitrogens is 2. The van der Waals surface area contributed by atoms with Crippen LogP contribution in [0.4, 0.5) is 5.69 Å². The van der Waals surface area contributed by atoms with Crippen LogP contribution in [0.15, 0.2) is 35.7 Å². The van der Waals surface area contributed by atoms with Crippen molar-refractivity contribution in [2.75, 3.05) is 31.6 Å². The zero-order chi connectivity index (χ0) is 20.9. The Kier molecular flexibility index (Phi) is 6.75. The predicted octanol–water partition coefficient (Wildman–Crippen LogP) is 2.25. The quantitative estimate of drug-likeness (QED) is 0.674. The molecule has 10 heteroatoms. The van der Waals surface area contributed by atoms with Crippen LogP contribution in [0, 0.1) is 5.92 Å². The fourth-order valence-corrected chi connectivity index (χ4v) is 4.70. The molecule has 0 aliphatic carbocycles. The van der Waals surface area contributed by atoms with E-state index in [4.69, 9.17) is 9.47 Å². The highest BCUT2D eigenvalue weighted by Crippen LogP contribution is 2.31. The van der Waals surface area contributed by atoms with E-state index in [2.05, 4.69) is 15.3 Å². The summed E-state index contributed by atoms with van der Waals surface area (Å²) in [6, 6.07) is 5.25. The zero-order valence-electron chi connectivity index (χ0n) is 16.6. The molecule has 2 heterocycles. The number of aromatic amines is 1. The van der Waals surface area contributed by atoms with Crippen LogP contribution in [0.3, 0.4) is 0 Å². The number of nitrogens with zero attached hydrogens (tertiary/aromatic N) is 2. The minimum absolute atomic E-state index is 0.0293. The second-order valence-electron chi connectivity index (χ2n) is 6.63. The Hall–Kier alpha value is -2.59. The highest BCUT2D eigenvalue weighted by atomic mass is 32.2. The SMILES string of the molecule is CCOc1ccc(OCC)c(NC(=O)[C@H]2CCCN(S(=O)(=O)c3cnc[nH]3)C2)c1. The zero-order valence-corrected chi connectivity index (χ0v) is 17.4. The molecule has 1 aliphatic heterocycles. The number of amides is 1. The molecule has 1 aromatic carbocycles. The van der Waals surface area contributed by atoms with Crippen molar-refractivity contribution in [3.05, 3.63) is 30.7 Å². The second kappa shape index (κ2) is 9.27. The van der Waals surface area contributed by atoms with Gasteiger partial charge >= 0.3 is 0 Å². The summed E-state index contributed by atoms with van der Waals surface area (Å²) < 4.78 is 37.9. The number of carbonyl (C=O) groups is 1. The van der Waals surface area contributed by atoms with Crippen molar-refractivity contribution in [2.24, 2.45) is 5.92 Å². The molecule has 2 N–H and O–H groups in total. The molecule has 2 aromatic rings. The van der Waals surface area contributed by atoms with Crippen molar-refractivity contribution >= 4 is 21.6 Å². The number of H-pyrrole nitrogens is 1. The van der Waals surface area contributed by atoms with Gasteiger partial charge in [-0.2, -0.15) is 4.31 Å². The lowest BCUT2D eigenvalue weighted by Crippen LogP contribution is -2.43. The van der Waals surface area contributed by atoms with Crippen LogP contribution in [0.5, 0.6) is 11.5 Å². The summed E-state index contributed by atoms with van der Waals surface area (Å²) in [4.78, 5) is 19.3. The number of anilines is 1. The van der Waals surface area contributed by atoms with Crippen LogP contribution in [-0.2, 0) is 14.8 Å². The first-order chi connectivity index (χ1) is 14.0. The molecular weight excluding hydrogens is 396 g/mol. The van der Waals surface area contributed by atoms with Crippen molar-refractivity contribution in [1.29, 1.82) is 0 Å². The van der Waals surface area contributed by atoms with E-state index in [0.717, 1.165) is 0 Å². The van der Waals surface area contributed by atoms with Gasteiger partial charge in [0.05, 0.1) is 37.3 Å². The summed E-state index contributed by atoms with van der Waals surface area (Å²) >= 11 is 0. The molecule has 1 amide bonds. The number of ether oxygens (including phenoxy) is 2. The highest BCUT2D eigenvalue weighted by Gasteiger charge is 2.34. The minimum atomic E-state index is -3.70. The molecule has 29 heavy (non-hydrogen) atoms. The number of nitrogens with one attached hydrogen (secondary N) is 2.